The lowest BCUT2D eigenvalue weighted by atomic mass is 10.0. The van der Waals surface area contributed by atoms with E-state index in [-0.39, 0.29) is 15.8 Å². The predicted molar refractivity (Wildman–Crippen MR) is 101 cm³/mol. The lowest BCUT2D eigenvalue weighted by molar-refractivity contribution is -0.126. The highest BCUT2D eigenvalue weighted by atomic mass is 35.5. The summed E-state index contributed by atoms with van der Waals surface area (Å²) in [6.45, 7) is 3.79. The van der Waals surface area contributed by atoms with Crippen molar-refractivity contribution in [1.82, 2.24) is 9.62 Å². The molecule has 26 heavy (non-hydrogen) atoms. The Morgan fingerprint density at radius 3 is 2.69 bits per heavy atom. The number of carbonyl (C=O) groups excluding carboxylic acids is 1. The average Bonchev–Trinajstić information content (AvgIpc) is 2.58. The van der Waals surface area contributed by atoms with Crippen LogP contribution < -0.4 is 5.32 Å². The molecule has 146 valence electrons. The van der Waals surface area contributed by atoms with Crippen LogP contribution >= 0.6 is 23.2 Å². The molecule has 1 fully saturated rings. The minimum absolute atomic E-state index is 0.0144. The zero-order valence-corrected chi connectivity index (χ0v) is 17.1. The Labute approximate surface area is 163 Å². The van der Waals surface area contributed by atoms with Crippen molar-refractivity contribution >= 4 is 39.1 Å². The number of hydrogen-bond acceptors (Lipinski definition) is 3. The van der Waals surface area contributed by atoms with Crippen LogP contribution in [-0.4, -0.2) is 37.0 Å². The summed E-state index contributed by atoms with van der Waals surface area (Å²) in [5.41, 5.74) is 0.390. The number of nitrogens with zero attached hydrogens (tertiary/aromatic N) is 1. The van der Waals surface area contributed by atoms with E-state index in [1.54, 1.807) is 13.8 Å². The summed E-state index contributed by atoms with van der Waals surface area (Å²) in [4.78, 5) is 12.7. The highest BCUT2D eigenvalue weighted by Crippen LogP contribution is 2.29. The molecule has 0 aromatic heterocycles. The fourth-order valence-electron chi connectivity index (χ4n) is 3.13. The van der Waals surface area contributed by atoms with Gasteiger partial charge in [-0.05, 0) is 43.9 Å². The number of hydrogen-bond donors (Lipinski definition) is 1. The molecular weight excluding hydrogens is 402 g/mol. The van der Waals surface area contributed by atoms with Gasteiger partial charge < -0.3 is 5.32 Å². The summed E-state index contributed by atoms with van der Waals surface area (Å²) in [7, 11) is -3.48. The monoisotopic (exact) mass is 424 g/mol. The van der Waals surface area contributed by atoms with Crippen LogP contribution in [0, 0.1) is 5.82 Å². The molecule has 0 spiro atoms. The van der Waals surface area contributed by atoms with Crippen molar-refractivity contribution in [3.8, 4) is 0 Å². The van der Waals surface area contributed by atoms with E-state index in [1.807, 2.05) is 0 Å². The molecule has 1 saturated heterocycles. The van der Waals surface area contributed by atoms with E-state index in [4.69, 9.17) is 23.2 Å². The van der Waals surface area contributed by atoms with E-state index in [9.17, 15) is 17.6 Å². The number of benzene rings is 1. The van der Waals surface area contributed by atoms with E-state index in [2.05, 4.69) is 5.32 Å². The maximum Gasteiger partial charge on any atom is 0.238 e. The van der Waals surface area contributed by atoms with Gasteiger partial charge in [0.05, 0.1) is 16.8 Å². The SMILES string of the molecule is CCCS(=O)(=O)N1CCCCC1C(=O)NC(C)c1cc(F)c(Cl)cc1Cl. The normalized spacial score (nSPS) is 20.0. The van der Waals surface area contributed by atoms with Gasteiger partial charge in [0.1, 0.15) is 11.9 Å². The molecule has 0 bridgehead atoms. The molecule has 2 unspecified atom stereocenters. The van der Waals surface area contributed by atoms with Crippen molar-refractivity contribution in [2.75, 3.05) is 12.3 Å². The number of carbonyl (C=O) groups is 1. The van der Waals surface area contributed by atoms with E-state index in [0.717, 1.165) is 12.8 Å². The summed E-state index contributed by atoms with van der Waals surface area (Å²) in [6.07, 6.45) is 2.46. The number of amides is 1. The number of rotatable bonds is 6. The molecule has 1 aromatic carbocycles. The topological polar surface area (TPSA) is 66.5 Å². The van der Waals surface area contributed by atoms with Gasteiger partial charge in [0.2, 0.25) is 15.9 Å². The largest absolute Gasteiger partial charge is 0.348 e. The van der Waals surface area contributed by atoms with Crippen LogP contribution in [0.2, 0.25) is 10.0 Å². The number of sulfonamides is 1. The number of piperidine rings is 1. The Bertz CT molecular complexity index is 774. The average molecular weight is 425 g/mol. The fraction of sp³-hybridized carbons (Fsp3) is 0.588. The maximum absolute atomic E-state index is 13.7. The predicted octanol–water partition coefficient (Wildman–Crippen LogP) is 3.90. The van der Waals surface area contributed by atoms with Gasteiger partial charge in [0, 0.05) is 11.6 Å². The molecule has 0 saturated carbocycles. The third kappa shape index (κ3) is 4.88. The first-order chi connectivity index (χ1) is 12.2. The summed E-state index contributed by atoms with van der Waals surface area (Å²) in [5.74, 6) is -1.01. The molecule has 2 atom stereocenters. The van der Waals surface area contributed by atoms with Crippen molar-refractivity contribution in [3.05, 3.63) is 33.6 Å². The zero-order chi connectivity index (χ0) is 19.5. The standard InChI is InChI=1S/C17H23Cl2FN2O3S/c1-3-8-26(24,25)22-7-5-4-6-16(22)17(23)21-11(2)12-9-15(20)14(19)10-13(12)18/h9-11,16H,3-8H2,1-2H3,(H,21,23). The highest BCUT2D eigenvalue weighted by Gasteiger charge is 2.36. The second-order valence-corrected chi connectivity index (χ2v) is 9.31. The molecule has 9 heteroatoms. The van der Waals surface area contributed by atoms with Gasteiger partial charge in [0.15, 0.2) is 0 Å². The molecule has 0 radical (unpaired) electrons. The van der Waals surface area contributed by atoms with E-state index < -0.39 is 33.8 Å². The maximum atomic E-state index is 13.7. The smallest absolute Gasteiger partial charge is 0.238 e. The molecule has 1 aliphatic heterocycles. The Kier molecular flexibility index (Phi) is 7.30. The lowest BCUT2D eigenvalue weighted by Gasteiger charge is -2.34. The van der Waals surface area contributed by atoms with Crippen molar-refractivity contribution in [3.63, 3.8) is 0 Å². The van der Waals surface area contributed by atoms with Crippen LogP contribution in [-0.2, 0) is 14.8 Å². The number of halogens is 3. The van der Waals surface area contributed by atoms with Crippen LogP contribution in [0.4, 0.5) is 4.39 Å². The van der Waals surface area contributed by atoms with Crippen molar-refractivity contribution in [2.45, 2.75) is 51.6 Å². The lowest BCUT2D eigenvalue weighted by Crippen LogP contribution is -2.52. The minimum Gasteiger partial charge on any atom is -0.348 e. The molecule has 5 nitrogen and oxygen atoms in total. The number of nitrogens with one attached hydrogen (secondary N) is 1. The van der Waals surface area contributed by atoms with E-state index >= 15 is 0 Å². The quantitative estimate of drug-likeness (QED) is 0.703. The molecule has 1 heterocycles. The second-order valence-electron chi connectivity index (χ2n) is 6.46. The molecule has 2 rings (SSSR count). The third-order valence-electron chi connectivity index (χ3n) is 4.44. The van der Waals surface area contributed by atoms with Gasteiger partial charge in [-0.25, -0.2) is 12.8 Å². The van der Waals surface area contributed by atoms with Gasteiger partial charge in [-0.2, -0.15) is 4.31 Å². The third-order valence-corrected chi connectivity index (χ3v) is 7.13. The molecule has 1 aromatic rings. The van der Waals surface area contributed by atoms with E-state index in [1.165, 1.54) is 16.4 Å². The summed E-state index contributed by atoms with van der Waals surface area (Å²) < 4.78 is 39.9. The zero-order valence-electron chi connectivity index (χ0n) is 14.8. The second kappa shape index (κ2) is 8.87. The first-order valence-corrected chi connectivity index (χ1v) is 11.0. The minimum atomic E-state index is -3.48. The van der Waals surface area contributed by atoms with Gasteiger partial charge >= 0.3 is 0 Å². The Hall–Kier alpha value is -0.890. The molecule has 1 N–H and O–H groups in total. The van der Waals surface area contributed by atoms with Gasteiger partial charge in [-0.1, -0.05) is 36.5 Å². The van der Waals surface area contributed by atoms with Crippen LogP contribution in [0.15, 0.2) is 12.1 Å². The van der Waals surface area contributed by atoms with Crippen molar-refractivity contribution < 1.29 is 17.6 Å². The Balaban J connectivity index is 2.18. The van der Waals surface area contributed by atoms with Gasteiger partial charge in [-0.3, -0.25) is 4.79 Å². The van der Waals surface area contributed by atoms with Crippen LogP contribution in [0.3, 0.4) is 0 Å². The van der Waals surface area contributed by atoms with E-state index in [0.29, 0.717) is 24.9 Å². The fourth-order valence-corrected chi connectivity index (χ4v) is 5.43. The molecule has 0 aliphatic carbocycles. The summed E-state index contributed by atoms with van der Waals surface area (Å²) in [6, 6.07) is 1.13. The highest BCUT2D eigenvalue weighted by molar-refractivity contribution is 7.89. The summed E-state index contributed by atoms with van der Waals surface area (Å²) >= 11 is 11.8. The molecule has 1 aliphatic rings. The van der Waals surface area contributed by atoms with Crippen molar-refractivity contribution in [1.29, 1.82) is 0 Å². The first-order valence-electron chi connectivity index (χ1n) is 8.61. The van der Waals surface area contributed by atoms with Crippen LogP contribution in [0.1, 0.15) is 51.1 Å². The van der Waals surface area contributed by atoms with Gasteiger partial charge in [0.25, 0.3) is 0 Å². The Morgan fingerprint density at radius 1 is 1.35 bits per heavy atom. The molecule has 1 amide bonds. The van der Waals surface area contributed by atoms with Crippen LogP contribution in [0.25, 0.3) is 0 Å². The summed E-state index contributed by atoms with van der Waals surface area (Å²) in [5, 5.41) is 2.90. The molecular formula is C17H23Cl2FN2O3S. The first kappa shape index (κ1) is 21.4. The van der Waals surface area contributed by atoms with Crippen molar-refractivity contribution in [2.24, 2.45) is 0 Å². The van der Waals surface area contributed by atoms with Gasteiger partial charge in [-0.15, -0.1) is 0 Å². The Morgan fingerprint density at radius 2 is 2.04 bits per heavy atom. The van der Waals surface area contributed by atoms with Crippen LogP contribution in [0.5, 0.6) is 0 Å².